The predicted octanol–water partition coefficient (Wildman–Crippen LogP) is 4.09. The van der Waals surface area contributed by atoms with Crippen molar-refractivity contribution in [3.8, 4) is 0 Å². The van der Waals surface area contributed by atoms with E-state index in [2.05, 4.69) is 32.3 Å². The molecule has 3 aromatic rings. The number of hydrogen-bond donors (Lipinski definition) is 1. The molecule has 0 spiro atoms. The molecule has 1 N–H and O–H groups in total. The molecule has 0 amide bonds. The van der Waals surface area contributed by atoms with Gasteiger partial charge in [0.1, 0.15) is 11.3 Å². The van der Waals surface area contributed by atoms with Crippen LogP contribution in [0, 0.1) is 16.3 Å². The minimum Gasteiger partial charge on any atom is -0.279 e. The van der Waals surface area contributed by atoms with Crippen LogP contribution < -0.4 is 4.72 Å². The molecule has 23 heavy (non-hydrogen) atoms. The molecule has 0 aliphatic carbocycles. The molecule has 0 radical (unpaired) electrons. The highest BCUT2D eigenvalue weighted by atomic mass is 127. The molecule has 0 aliphatic rings. The number of anilines is 1. The van der Waals surface area contributed by atoms with Crippen LogP contribution in [0.5, 0.6) is 0 Å². The number of rotatable bonds is 3. The lowest BCUT2D eigenvalue weighted by molar-refractivity contribution is 0.601. The third-order valence-corrected chi connectivity index (χ3v) is 5.50. The third kappa shape index (κ3) is 3.16. The second kappa shape index (κ2) is 6.04. The summed E-state index contributed by atoms with van der Waals surface area (Å²) >= 11 is 2.16. The van der Waals surface area contributed by atoms with Gasteiger partial charge in [0.05, 0.1) is 10.6 Å². The first-order valence-electron chi connectivity index (χ1n) is 6.71. The molecular formula is C16H12FIN2O2S. The number of nitrogens with zero attached hydrogens (tertiary/aromatic N) is 1. The summed E-state index contributed by atoms with van der Waals surface area (Å²) in [5.74, 6) is -0.551. The molecule has 0 atom stereocenters. The van der Waals surface area contributed by atoms with Gasteiger partial charge in [-0.25, -0.2) is 12.8 Å². The molecule has 0 aliphatic heterocycles. The third-order valence-electron chi connectivity index (χ3n) is 3.40. The Bertz CT molecular complexity index is 1010. The minimum atomic E-state index is -3.85. The second-order valence-electron chi connectivity index (χ2n) is 5.01. The summed E-state index contributed by atoms with van der Waals surface area (Å²) in [5.41, 5.74) is 1.34. The largest absolute Gasteiger partial charge is 0.279 e. The van der Waals surface area contributed by atoms with E-state index in [4.69, 9.17) is 0 Å². The van der Waals surface area contributed by atoms with Crippen LogP contribution in [0.3, 0.4) is 0 Å². The standard InChI is InChI=1S/C16H12FIN2O2S/c1-10-9-11(18)4-6-14(10)20-23(21,22)15-7-5-13(17)16-12(15)3-2-8-19-16/h2-9,20H,1H3. The molecule has 2 aromatic carbocycles. The molecule has 0 unspecified atom stereocenters. The fourth-order valence-corrected chi connectivity index (χ4v) is 4.26. The van der Waals surface area contributed by atoms with E-state index in [1.807, 2.05) is 19.1 Å². The van der Waals surface area contributed by atoms with Gasteiger partial charge < -0.3 is 0 Å². The molecule has 1 aromatic heterocycles. The van der Waals surface area contributed by atoms with E-state index in [1.54, 1.807) is 18.2 Å². The van der Waals surface area contributed by atoms with Gasteiger partial charge in [0.15, 0.2) is 0 Å². The van der Waals surface area contributed by atoms with Crippen LogP contribution in [0.2, 0.25) is 0 Å². The molecule has 118 valence electrons. The van der Waals surface area contributed by atoms with E-state index in [0.717, 1.165) is 15.2 Å². The first kappa shape index (κ1) is 16.1. The number of nitrogens with one attached hydrogen (secondary N) is 1. The first-order valence-corrected chi connectivity index (χ1v) is 9.27. The highest BCUT2D eigenvalue weighted by molar-refractivity contribution is 14.1. The van der Waals surface area contributed by atoms with Gasteiger partial charge in [-0.1, -0.05) is 0 Å². The molecule has 0 saturated carbocycles. The maximum atomic E-state index is 13.8. The first-order chi connectivity index (χ1) is 10.9. The number of benzene rings is 2. The summed E-state index contributed by atoms with van der Waals surface area (Å²) in [4.78, 5) is 3.92. The maximum Gasteiger partial charge on any atom is 0.262 e. The van der Waals surface area contributed by atoms with Crippen LogP contribution in [-0.2, 0) is 10.0 Å². The lowest BCUT2D eigenvalue weighted by Gasteiger charge is -2.12. The van der Waals surface area contributed by atoms with E-state index in [9.17, 15) is 12.8 Å². The van der Waals surface area contributed by atoms with Gasteiger partial charge in [0, 0.05) is 15.2 Å². The zero-order valence-corrected chi connectivity index (χ0v) is 15.0. The molecule has 7 heteroatoms. The highest BCUT2D eigenvalue weighted by Gasteiger charge is 2.20. The van der Waals surface area contributed by atoms with E-state index >= 15 is 0 Å². The Morgan fingerprint density at radius 3 is 2.70 bits per heavy atom. The van der Waals surface area contributed by atoms with Crippen molar-refractivity contribution in [2.75, 3.05) is 4.72 Å². The van der Waals surface area contributed by atoms with E-state index in [1.165, 1.54) is 12.3 Å². The van der Waals surface area contributed by atoms with Crippen molar-refractivity contribution in [3.05, 3.63) is 63.6 Å². The Hall–Kier alpha value is -1.74. The topological polar surface area (TPSA) is 59.1 Å². The number of fused-ring (bicyclic) bond motifs is 1. The van der Waals surface area contributed by atoms with Gasteiger partial charge >= 0.3 is 0 Å². The van der Waals surface area contributed by atoms with Crippen LogP contribution >= 0.6 is 22.6 Å². The Balaban J connectivity index is 2.12. The second-order valence-corrected chi connectivity index (χ2v) is 7.91. The molecule has 4 nitrogen and oxygen atoms in total. The van der Waals surface area contributed by atoms with Crippen molar-refractivity contribution in [2.45, 2.75) is 11.8 Å². The molecule has 0 saturated heterocycles. The number of halogens is 2. The molecular weight excluding hydrogens is 430 g/mol. The summed E-state index contributed by atoms with van der Waals surface area (Å²) in [6.45, 7) is 1.82. The average Bonchev–Trinajstić information content (AvgIpc) is 2.50. The minimum absolute atomic E-state index is 0.0000463. The number of sulfonamides is 1. The van der Waals surface area contributed by atoms with E-state index in [0.29, 0.717) is 5.69 Å². The van der Waals surface area contributed by atoms with Crippen molar-refractivity contribution in [2.24, 2.45) is 0 Å². The van der Waals surface area contributed by atoms with Crippen molar-refractivity contribution >= 4 is 49.2 Å². The molecule has 1 heterocycles. The van der Waals surface area contributed by atoms with Gasteiger partial charge in [-0.3, -0.25) is 9.71 Å². The van der Waals surface area contributed by atoms with E-state index in [-0.39, 0.29) is 15.8 Å². The van der Waals surface area contributed by atoms with Crippen molar-refractivity contribution in [3.63, 3.8) is 0 Å². The van der Waals surface area contributed by atoms with Crippen molar-refractivity contribution in [1.82, 2.24) is 4.98 Å². The van der Waals surface area contributed by atoms with Crippen LogP contribution in [0.25, 0.3) is 10.9 Å². The quantitative estimate of drug-likeness (QED) is 0.622. The summed E-state index contributed by atoms with van der Waals surface area (Å²) in [6, 6.07) is 10.9. The molecule has 3 rings (SSSR count). The van der Waals surface area contributed by atoms with Gasteiger partial charge in [0.25, 0.3) is 10.0 Å². The van der Waals surface area contributed by atoms with Gasteiger partial charge in [-0.15, -0.1) is 0 Å². The molecule has 0 bridgehead atoms. The number of hydrogen-bond acceptors (Lipinski definition) is 3. The zero-order valence-electron chi connectivity index (χ0n) is 12.0. The number of pyridine rings is 1. The summed E-state index contributed by atoms with van der Waals surface area (Å²) in [6.07, 6.45) is 1.43. The predicted molar refractivity (Wildman–Crippen MR) is 96.4 cm³/mol. The monoisotopic (exact) mass is 442 g/mol. The Morgan fingerprint density at radius 2 is 1.96 bits per heavy atom. The summed E-state index contributed by atoms with van der Waals surface area (Å²) in [5, 5.41) is 0.253. The lowest BCUT2D eigenvalue weighted by atomic mass is 10.2. The summed E-state index contributed by atoms with van der Waals surface area (Å²) < 4.78 is 42.8. The van der Waals surface area contributed by atoms with Gasteiger partial charge in [0.2, 0.25) is 0 Å². The Morgan fingerprint density at radius 1 is 1.17 bits per heavy atom. The van der Waals surface area contributed by atoms with E-state index < -0.39 is 15.8 Å². The van der Waals surface area contributed by atoms with Crippen LogP contribution in [-0.4, -0.2) is 13.4 Å². The smallest absolute Gasteiger partial charge is 0.262 e. The number of aryl methyl sites for hydroxylation is 1. The normalized spacial score (nSPS) is 11.6. The van der Waals surface area contributed by atoms with Crippen molar-refractivity contribution in [1.29, 1.82) is 0 Å². The lowest BCUT2D eigenvalue weighted by Crippen LogP contribution is -2.14. The fourth-order valence-electron chi connectivity index (χ4n) is 2.29. The van der Waals surface area contributed by atoms with Crippen LogP contribution in [0.1, 0.15) is 5.56 Å². The maximum absolute atomic E-state index is 13.8. The number of aromatic nitrogens is 1. The highest BCUT2D eigenvalue weighted by Crippen LogP contribution is 2.27. The zero-order chi connectivity index (χ0) is 16.6. The average molecular weight is 442 g/mol. The molecule has 0 fully saturated rings. The van der Waals surface area contributed by atoms with Crippen LogP contribution in [0.4, 0.5) is 10.1 Å². The van der Waals surface area contributed by atoms with Gasteiger partial charge in [-0.05, 0) is 77.5 Å². The summed E-state index contributed by atoms with van der Waals surface area (Å²) in [7, 11) is -3.85. The van der Waals surface area contributed by atoms with Crippen molar-refractivity contribution < 1.29 is 12.8 Å². The fraction of sp³-hybridized carbons (Fsp3) is 0.0625. The van der Waals surface area contributed by atoms with Crippen LogP contribution in [0.15, 0.2) is 53.6 Å². The van der Waals surface area contributed by atoms with Gasteiger partial charge in [-0.2, -0.15) is 0 Å². The Labute approximate surface area is 146 Å². The Kier molecular flexibility index (Phi) is 4.24. The SMILES string of the molecule is Cc1cc(I)ccc1NS(=O)(=O)c1ccc(F)c2ncccc12.